The van der Waals surface area contributed by atoms with Crippen molar-refractivity contribution in [1.29, 1.82) is 0 Å². The van der Waals surface area contributed by atoms with Crippen LogP contribution in [-0.2, 0) is 4.79 Å². The van der Waals surface area contributed by atoms with Crippen molar-refractivity contribution in [2.75, 3.05) is 13.1 Å². The van der Waals surface area contributed by atoms with E-state index in [0.717, 1.165) is 6.54 Å². The molecule has 0 aromatic carbocycles. The molecule has 1 N–H and O–H groups in total. The summed E-state index contributed by atoms with van der Waals surface area (Å²) in [5.41, 5.74) is 0.255. The average molecular weight is 171 g/mol. The van der Waals surface area contributed by atoms with Gasteiger partial charge in [-0.3, -0.25) is 4.90 Å². The van der Waals surface area contributed by atoms with Crippen molar-refractivity contribution in [3.63, 3.8) is 0 Å². The molecule has 12 heavy (non-hydrogen) atoms. The Morgan fingerprint density at radius 2 is 2.08 bits per heavy atom. The Hall–Kier alpha value is -0.830. The number of likely N-dealkylation sites (N-methyl/N-ethyl adjacent to an activating group) is 1. The van der Waals surface area contributed by atoms with E-state index in [0.29, 0.717) is 12.6 Å². The first kappa shape index (κ1) is 11.2. The molecule has 3 nitrogen and oxygen atoms in total. The lowest BCUT2D eigenvalue weighted by Crippen LogP contribution is -2.33. The highest BCUT2D eigenvalue weighted by molar-refractivity contribution is 5.86. The summed E-state index contributed by atoms with van der Waals surface area (Å²) in [4.78, 5) is 12.5. The van der Waals surface area contributed by atoms with Crippen molar-refractivity contribution in [1.82, 2.24) is 4.90 Å². The van der Waals surface area contributed by atoms with E-state index in [4.69, 9.17) is 5.11 Å². The number of rotatable bonds is 5. The first-order chi connectivity index (χ1) is 5.49. The van der Waals surface area contributed by atoms with Crippen LogP contribution in [0, 0.1) is 0 Å². The molecule has 0 spiro atoms. The van der Waals surface area contributed by atoms with Gasteiger partial charge >= 0.3 is 5.97 Å². The van der Waals surface area contributed by atoms with Crippen LogP contribution in [0.4, 0.5) is 0 Å². The zero-order valence-electron chi connectivity index (χ0n) is 8.00. The number of hydrogen-bond donors (Lipinski definition) is 1. The van der Waals surface area contributed by atoms with E-state index >= 15 is 0 Å². The Kier molecular flexibility index (Phi) is 4.59. The van der Waals surface area contributed by atoms with Gasteiger partial charge in [-0.2, -0.15) is 0 Å². The molecule has 0 atom stereocenters. The van der Waals surface area contributed by atoms with Gasteiger partial charge in [0.2, 0.25) is 0 Å². The summed E-state index contributed by atoms with van der Waals surface area (Å²) in [7, 11) is 0. The van der Waals surface area contributed by atoms with E-state index in [-0.39, 0.29) is 5.57 Å². The Bertz CT molecular complexity index is 175. The van der Waals surface area contributed by atoms with Crippen LogP contribution in [0.3, 0.4) is 0 Å². The lowest BCUT2D eigenvalue weighted by atomic mass is 10.2. The highest BCUT2D eigenvalue weighted by atomic mass is 16.4. The van der Waals surface area contributed by atoms with Crippen molar-refractivity contribution >= 4 is 5.97 Å². The fourth-order valence-corrected chi connectivity index (χ4v) is 0.972. The average Bonchev–Trinajstić information content (AvgIpc) is 1.98. The number of nitrogens with zero attached hydrogens (tertiary/aromatic N) is 1. The molecule has 0 saturated carbocycles. The highest BCUT2D eigenvalue weighted by Gasteiger charge is 2.11. The Balaban J connectivity index is 4.03. The molecule has 0 amide bonds. The third kappa shape index (κ3) is 3.53. The first-order valence-corrected chi connectivity index (χ1v) is 4.14. The topological polar surface area (TPSA) is 40.5 Å². The summed E-state index contributed by atoms with van der Waals surface area (Å²) in [6.07, 6.45) is 0. The molecule has 0 aliphatic heterocycles. The van der Waals surface area contributed by atoms with Crippen LogP contribution >= 0.6 is 0 Å². The second kappa shape index (κ2) is 4.93. The van der Waals surface area contributed by atoms with Gasteiger partial charge in [-0.1, -0.05) is 13.5 Å². The highest BCUT2D eigenvalue weighted by Crippen LogP contribution is 2.01. The van der Waals surface area contributed by atoms with Gasteiger partial charge in [0.05, 0.1) is 0 Å². The van der Waals surface area contributed by atoms with Crippen LogP contribution in [-0.4, -0.2) is 35.1 Å². The molecule has 0 aromatic heterocycles. The van der Waals surface area contributed by atoms with E-state index < -0.39 is 5.97 Å². The largest absolute Gasteiger partial charge is 0.478 e. The molecular formula is C9H17NO2. The molecule has 0 fully saturated rings. The first-order valence-electron chi connectivity index (χ1n) is 4.14. The molecule has 0 rings (SSSR count). The quantitative estimate of drug-likeness (QED) is 0.635. The lowest BCUT2D eigenvalue weighted by Gasteiger charge is -2.24. The summed E-state index contributed by atoms with van der Waals surface area (Å²) in [5, 5.41) is 8.58. The van der Waals surface area contributed by atoms with Crippen LogP contribution < -0.4 is 0 Å². The maximum Gasteiger partial charge on any atom is 0.332 e. The van der Waals surface area contributed by atoms with Gasteiger partial charge in [-0.05, 0) is 20.4 Å². The van der Waals surface area contributed by atoms with Crippen molar-refractivity contribution in [3.8, 4) is 0 Å². The predicted molar refractivity (Wildman–Crippen MR) is 49.2 cm³/mol. The molecule has 70 valence electrons. The van der Waals surface area contributed by atoms with Crippen LogP contribution in [0.1, 0.15) is 20.8 Å². The van der Waals surface area contributed by atoms with Crippen molar-refractivity contribution in [2.24, 2.45) is 0 Å². The number of carboxylic acid groups (broad SMARTS) is 1. The summed E-state index contributed by atoms with van der Waals surface area (Å²) in [6, 6.07) is 0.367. The molecule has 0 bridgehead atoms. The molecule has 3 heteroatoms. The summed E-state index contributed by atoms with van der Waals surface area (Å²) < 4.78 is 0. The van der Waals surface area contributed by atoms with Crippen molar-refractivity contribution in [2.45, 2.75) is 26.8 Å². The fourth-order valence-electron chi connectivity index (χ4n) is 0.972. The SMILES string of the molecule is C=C(CN(CC)C(C)C)C(=O)O. The second-order valence-electron chi connectivity index (χ2n) is 3.07. The van der Waals surface area contributed by atoms with E-state index in [1.807, 2.05) is 20.8 Å². The number of carboxylic acids is 1. The Morgan fingerprint density at radius 1 is 1.58 bits per heavy atom. The molecule has 0 saturated heterocycles. The van der Waals surface area contributed by atoms with Crippen LogP contribution in [0.25, 0.3) is 0 Å². The second-order valence-corrected chi connectivity index (χ2v) is 3.07. The normalized spacial score (nSPS) is 10.8. The minimum Gasteiger partial charge on any atom is -0.478 e. The number of hydrogen-bond acceptors (Lipinski definition) is 2. The van der Waals surface area contributed by atoms with E-state index in [1.54, 1.807) is 0 Å². The maximum atomic E-state index is 10.4. The van der Waals surface area contributed by atoms with Gasteiger partial charge < -0.3 is 5.11 Å². The molecule has 0 aliphatic carbocycles. The van der Waals surface area contributed by atoms with Crippen LogP contribution in [0.2, 0.25) is 0 Å². The van der Waals surface area contributed by atoms with Gasteiger partial charge in [0.15, 0.2) is 0 Å². The zero-order valence-corrected chi connectivity index (χ0v) is 8.00. The molecule has 0 radical (unpaired) electrons. The Labute approximate surface area is 73.7 Å². The predicted octanol–water partition coefficient (Wildman–Crippen LogP) is 1.36. The van der Waals surface area contributed by atoms with Crippen LogP contribution in [0.5, 0.6) is 0 Å². The molecular weight excluding hydrogens is 154 g/mol. The molecule has 0 heterocycles. The number of aliphatic carboxylic acids is 1. The minimum absolute atomic E-state index is 0.255. The van der Waals surface area contributed by atoms with Crippen molar-refractivity contribution < 1.29 is 9.90 Å². The third-order valence-electron chi connectivity index (χ3n) is 1.83. The molecule has 0 aromatic rings. The number of carbonyl (C=O) groups is 1. The van der Waals surface area contributed by atoms with E-state index in [2.05, 4.69) is 11.5 Å². The van der Waals surface area contributed by atoms with Gasteiger partial charge in [0, 0.05) is 18.2 Å². The Morgan fingerprint density at radius 3 is 2.33 bits per heavy atom. The van der Waals surface area contributed by atoms with Gasteiger partial charge in [0.1, 0.15) is 0 Å². The van der Waals surface area contributed by atoms with Gasteiger partial charge in [0.25, 0.3) is 0 Å². The lowest BCUT2D eigenvalue weighted by molar-refractivity contribution is -0.132. The third-order valence-corrected chi connectivity index (χ3v) is 1.83. The summed E-state index contributed by atoms with van der Waals surface area (Å²) in [5.74, 6) is -0.908. The van der Waals surface area contributed by atoms with Gasteiger partial charge in [-0.15, -0.1) is 0 Å². The van der Waals surface area contributed by atoms with Crippen LogP contribution in [0.15, 0.2) is 12.2 Å². The molecule has 0 unspecified atom stereocenters. The van der Waals surface area contributed by atoms with Crippen molar-refractivity contribution in [3.05, 3.63) is 12.2 Å². The summed E-state index contributed by atoms with van der Waals surface area (Å²) in [6.45, 7) is 10.9. The summed E-state index contributed by atoms with van der Waals surface area (Å²) >= 11 is 0. The standard InChI is InChI=1S/C9H17NO2/c1-5-10(7(2)3)6-8(4)9(11)12/h7H,4-6H2,1-3H3,(H,11,12). The maximum absolute atomic E-state index is 10.4. The smallest absolute Gasteiger partial charge is 0.332 e. The monoisotopic (exact) mass is 171 g/mol. The zero-order chi connectivity index (χ0) is 9.72. The fraction of sp³-hybridized carbons (Fsp3) is 0.667. The molecule has 0 aliphatic rings. The van der Waals surface area contributed by atoms with E-state index in [1.165, 1.54) is 0 Å². The minimum atomic E-state index is -0.908. The van der Waals surface area contributed by atoms with E-state index in [9.17, 15) is 4.79 Å². The van der Waals surface area contributed by atoms with Gasteiger partial charge in [-0.25, -0.2) is 4.79 Å².